The van der Waals surface area contributed by atoms with E-state index in [1.807, 2.05) is 30.3 Å². The van der Waals surface area contributed by atoms with Crippen molar-refractivity contribution in [1.82, 2.24) is 9.97 Å². The molecule has 0 fully saturated rings. The lowest BCUT2D eigenvalue weighted by Crippen LogP contribution is -2.32. The number of benzene rings is 1. The molecule has 0 bridgehead atoms. The molecule has 0 spiro atoms. The van der Waals surface area contributed by atoms with Crippen LogP contribution in [0, 0.1) is 0 Å². The number of H-pyrrole nitrogens is 1. The van der Waals surface area contributed by atoms with Crippen molar-refractivity contribution in [2.45, 2.75) is 50.2 Å². The molecule has 12 nitrogen and oxygen atoms in total. The van der Waals surface area contributed by atoms with Gasteiger partial charge in [0.15, 0.2) is 0 Å². The number of aromatic amines is 1. The third kappa shape index (κ3) is 15.2. The Morgan fingerprint density at radius 2 is 1.39 bits per heavy atom. The number of carboxylic acid groups (broad SMARTS) is 3. The van der Waals surface area contributed by atoms with E-state index >= 15 is 0 Å². The highest BCUT2D eigenvalue weighted by Crippen LogP contribution is 2.01. The average Bonchev–Trinajstić information content (AvgIpc) is 3.28. The zero-order valence-corrected chi connectivity index (χ0v) is 18.3. The number of nitrogens with zero attached hydrogens (tertiary/aromatic N) is 1. The van der Waals surface area contributed by atoms with Gasteiger partial charge in [-0.1, -0.05) is 36.8 Å². The van der Waals surface area contributed by atoms with Crippen molar-refractivity contribution in [1.29, 1.82) is 0 Å². The van der Waals surface area contributed by atoms with Crippen LogP contribution in [0.2, 0.25) is 0 Å². The maximum absolute atomic E-state index is 10.4. The van der Waals surface area contributed by atoms with Gasteiger partial charge in [0, 0.05) is 12.6 Å². The molecular weight excluding hydrogens is 432 g/mol. The zero-order valence-electron chi connectivity index (χ0n) is 18.3. The minimum Gasteiger partial charge on any atom is -0.480 e. The first kappa shape index (κ1) is 29.7. The van der Waals surface area contributed by atoms with Crippen molar-refractivity contribution in [3.8, 4) is 0 Å². The normalized spacial score (nSPS) is 12.7. The molecule has 0 radical (unpaired) electrons. The van der Waals surface area contributed by atoms with Gasteiger partial charge in [0.2, 0.25) is 0 Å². The fraction of sp³-hybridized carbons (Fsp3) is 0.429. The summed E-state index contributed by atoms with van der Waals surface area (Å²) in [6, 6.07) is 6.96. The van der Waals surface area contributed by atoms with Gasteiger partial charge < -0.3 is 43.2 Å². The highest BCUT2D eigenvalue weighted by Gasteiger charge is 2.12. The van der Waals surface area contributed by atoms with E-state index in [-0.39, 0.29) is 6.42 Å². The van der Waals surface area contributed by atoms with Gasteiger partial charge in [-0.05, 0) is 31.4 Å². The largest absolute Gasteiger partial charge is 0.480 e. The predicted molar refractivity (Wildman–Crippen MR) is 122 cm³/mol. The van der Waals surface area contributed by atoms with E-state index in [0.29, 0.717) is 25.1 Å². The highest BCUT2D eigenvalue weighted by molar-refractivity contribution is 5.74. The smallest absolute Gasteiger partial charge is 0.320 e. The van der Waals surface area contributed by atoms with Gasteiger partial charge in [-0.2, -0.15) is 0 Å². The third-order valence-corrected chi connectivity index (χ3v) is 4.20. The van der Waals surface area contributed by atoms with Gasteiger partial charge in [0.1, 0.15) is 18.1 Å². The lowest BCUT2D eigenvalue weighted by Gasteiger charge is -2.04. The van der Waals surface area contributed by atoms with Gasteiger partial charge in [-0.15, -0.1) is 0 Å². The second kappa shape index (κ2) is 17.3. The SMILES string of the molecule is NCCCC[C@H](N)C(=O)O.N[C@@H](Cc1c[nH]cn1)C(=O)O.N[C@@H](Cc1ccccc1)C(=O)O. The summed E-state index contributed by atoms with van der Waals surface area (Å²) in [5.74, 6) is -2.90. The molecule has 2 aromatic rings. The van der Waals surface area contributed by atoms with Crippen LogP contribution in [0.15, 0.2) is 42.9 Å². The van der Waals surface area contributed by atoms with Crippen molar-refractivity contribution in [3.05, 3.63) is 54.1 Å². The van der Waals surface area contributed by atoms with Crippen LogP contribution in [0.5, 0.6) is 0 Å². The molecule has 0 unspecified atom stereocenters. The first-order chi connectivity index (χ1) is 15.6. The summed E-state index contributed by atoms with van der Waals surface area (Å²) in [7, 11) is 0. The topological polar surface area (TPSA) is 245 Å². The van der Waals surface area contributed by atoms with E-state index in [9.17, 15) is 14.4 Å². The van der Waals surface area contributed by atoms with Crippen molar-refractivity contribution in [2.24, 2.45) is 22.9 Å². The molecule has 12 N–H and O–H groups in total. The van der Waals surface area contributed by atoms with E-state index < -0.39 is 36.0 Å². The minimum atomic E-state index is -1.01. The van der Waals surface area contributed by atoms with Crippen LogP contribution in [0.25, 0.3) is 0 Å². The van der Waals surface area contributed by atoms with Crippen molar-refractivity contribution in [3.63, 3.8) is 0 Å². The van der Waals surface area contributed by atoms with E-state index in [0.717, 1.165) is 18.4 Å². The maximum Gasteiger partial charge on any atom is 0.320 e. The van der Waals surface area contributed by atoms with Gasteiger partial charge in [0.05, 0.1) is 12.0 Å². The highest BCUT2D eigenvalue weighted by atomic mass is 16.4. The molecule has 0 aliphatic carbocycles. The summed E-state index contributed by atoms with van der Waals surface area (Å²) < 4.78 is 0. The summed E-state index contributed by atoms with van der Waals surface area (Å²) in [6.45, 7) is 0.604. The summed E-state index contributed by atoms with van der Waals surface area (Å²) in [5.41, 5.74) is 22.6. The van der Waals surface area contributed by atoms with Crippen LogP contribution >= 0.6 is 0 Å². The number of carbonyl (C=O) groups is 3. The number of hydrogen-bond donors (Lipinski definition) is 8. The maximum atomic E-state index is 10.4. The van der Waals surface area contributed by atoms with Crippen LogP contribution in [0.4, 0.5) is 0 Å². The number of rotatable bonds is 11. The van der Waals surface area contributed by atoms with Crippen LogP contribution in [0.3, 0.4) is 0 Å². The summed E-state index contributed by atoms with van der Waals surface area (Å²) in [4.78, 5) is 37.3. The molecule has 0 aliphatic rings. The number of hydrogen-bond acceptors (Lipinski definition) is 8. The standard InChI is InChI=1S/C9H11NO2.C6H9N3O2.C6H14N2O2/c10-8(9(11)12)6-7-4-2-1-3-5-7;7-5(6(10)11)1-4-2-8-3-9-4;7-4-2-1-3-5(8)6(9)10/h1-5,8H,6,10H2,(H,11,12);2-3,5H,1,7H2,(H,8,9)(H,10,11);5H,1-4,7-8H2,(H,9,10)/t8-;2*5-/m000/s1. The third-order valence-electron chi connectivity index (χ3n) is 4.20. The Balaban J connectivity index is 0.000000468. The number of imidazole rings is 1. The zero-order chi connectivity index (χ0) is 25.2. The van der Waals surface area contributed by atoms with Crippen LogP contribution < -0.4 is 22.9 Å². The first-order valence-corrected chi connectivity index (χ1v) is 10.2. The van der Waals surface area contributed by atoms with Crippen molar-refractivity contribution in [2.75, 3.05) is 6.54 Å². The fourth-order valence-corrected chi connectivity index (χ4v) is 2.30. The Morgan fingerprint density at radius 3 is 1.85 bits per heavy atom. The van der Waals surface area contributed by atoms with E-state index in [4.69, 9.17) is 38.3 Å². The first-order valence-electron chi connectivity index (χ1n) is 10.2. The summed E-state index contributed by atoms with van der Waals surface area (Å²) in [6.07, 6.45) is 5.93. The van der Waals surface area contributed by atoms with Gasteiger partial charge in [-0.3, -0.25) is 14.4 Å². The molecule has 3 atom stereocenters. The lowest BCUT2D eigenvalue weighted by molar-refractivity contribution is -0.139. The van der Waals surface area contributed by atoms with Crippen LogP contribution in [-0.2, 0) is 27.2 Å². The van der Waals surface area contributed by atoms with Crippen molar-refractivity contribution < 1.29 is 29.7 Å². The second-order valence-electron chi connectivity index (χ2n) is 7.07. The molecule has 1 heterocycles. The molecule has 0 saturated heterocycles. The molecule has 33 heavy (non-hydrogen) atoms. The monoisotopic (exact) mass is 466 g/mol. The van der Waals surface area contributed by atoms with Crippen LogP contribution in [0.1, 0.15) is 30.5 Å². The second-order valence-corrected chi connectivity index (χ2v) is 7.07. The predicted octanol–water partition coefficient (Wildman–Crippen LogP) is -0.468. The van der Waals surface area contributed by atoms with Gasteiger partial charge in [0.25, 0.3) is 0 Å². The summed E-state index contributed by atoms with van der Waals surface area (Å²) in [5, 5.41) is 25.3. The van der Waals surface area contributed by atoms with E-state index in [1.54, 1.807) is 6.20 Å². The Bertz CT molecular complexity index is 803. The molecule has 0 amide bonds. The average molecular weight is 467 g/mol. The van der Waals surface area contributed by atoms with Crippen molar-refractivity contribution >= 4 is 17.9 Å². The molecule has 0 saturated carbocycles. The number of unbranched alkanes of at least 4 members (excludes halogenated alkanes) is 1. The Hall–Kier alpha value is -3.32. The number of carboxylic acids is 3. The van der Waals surface area contributed by atoms with E-state index in [2.05, 4.69) is 9.97 Å². The molecular formula is C21H34N6O6. The Labute approximate surface area is 192 Å². The number of nitrogens with one attached hydrogen (secondary N) is 1. The number of aromatic nitrogens is 2. The molecule has 1 aromatic heterocycles. The van der Waals surface area contributed by atoms with Gasteiger partial charge >= 0.3 is 17.9 Å². The molecule has 184 valence electrons. The molecule has 0 aliphatic heterocycles. The number of nitrogens with two attached hydrogens (primary N) is 4. The quantitative estimate of drug-likeness (QED) is 0.197. The summed E-state index contributed by atoms with van der Waals surface area (Å²) >= 11 is 0. The molecule has 2 rings (SSSR count). The van der Waals surface area contributed by atoms with E-state index in [1.165, 1.54) is 6.33 Å². The van der Waals surface area contributed by atoms with Crippen LogP contribution in [-0.4, -0.2) is 67.9 Å². The Kier molecular flexibility index (Phi) is 15.5. The minimum absolute atomic E-state index is 0.263. The fourth-order valence-electron chi connectivity index (χ4n) is 2.30. The Morgan fingerprint density at radius 1 is 0.848 bits per heavy atom. The molecule has 12 heteroatoms. The lowest BCUT2D eigenvalue weighted by atomic mass is 10.1. The number of aliphatic carboxylic acids is 3. The molecule has 1 aromatic carbocycles. The van der Waals surface area contributed by atoms with Gasteiger partial charge in [-0.25, -0.2) is 4.98 Å².